The maximum Gasteiger partial charge on any atom is 0.276 e. The number of morpholine rings is 1. The summed E-state index contributed by atoms with van der Waals surface area (Å²) in [5.74, 6) is -0.0285. The lowest BCUT2D eigenvalue weighted by Crippen LogP contribution is -2.34. The van der Waals surface area contributed by atoms with Crippen LogP contribution in [-0.2, 0) is 4.74 Å². The molecule has 1 amide bonds. The summed E-state index contributed by atoms with van der Waals surface area (Å²) in [6, 6.07) is 7.55. The van der Waals surface area contributed by atoms with Crippen LogP contribution in [0.1, 0.15) is 67.7 Å². The minimum absolute atomic E-state index is 0.266. The Morgan fingerprint density at radius 3 is 2.59 bits per heavy atom. The van der Waals surface area contributed by atoms with Gasteiger partial charge in [-0.05, 0) is 55.2 Å². The summed E-state index contributed by atoms with van der Waals surface area (Å²) in [4.78, 5) is 19.5. The summed E-state index contributed by atoms with van der Waals surface area (Å²) in [6.07, 6.45) is 5.43. The average molecular weight is 464 g/mol. The smallest absolute Gasteiger partial charge is 0.276 e. The predicted molar refractivity (Wildman–Crippen MR) is 140 cm³/mol. The summed E-state index contributed by atoms with van der Waals surface area (Å²) in [6.45, 7) is 19.2. The van der Waals surface area contributed by atoms with E-state index in [4.69, 9.17) is 4.74 Å². The molecule has 2 aromatic rings. The van der Waals surface area contributed by atoms with E-state index in [9.17, 15) is 4.79 Å². The zero-order valence-corrected chi connectivity index (χ0v) is 21.3. The number of nitrogens with one attached hydrogen (secondary N) is 1. The fourth-order valence-corrected chi connectivity index (χ4v) is 3.40. The third-order valence-electron chi connectivity index (χ3n) is 5.34. The van der Waals surface area contributed by atoms with Crippen LogP contribution in [0.15, 0.2) is 53.8 Å². The molecule has 7 nitrogen and oxygen atoms in total. The maximum atomic E-state index is 12.8. The van der Waals surface area contributed by atoms with Gasteiger partial charge in [-0.1, -0.05) is 40.3 Å². The molecular weight excluding hydrogens is 426 g/mol. The van der Waals surface area contributed by atoms with Crippen LogP contribution in [0.4, 0.5) is 5.69 Å². The number of carbonyl (C=O) groups is 1. The molecule has 1 N–H and O–H groups in total. The van der Waals surface area contributed by atoms with Gasteiger partial charge in [-0.15, -0.1) is 5.10 Å². The highest BCUT2D eigenvalue weighted by Gasteiger charge is 2.15. The predicted octanol–water partition coefficient (Wildman–Crippen LogP) is 5.46. The standard InChI is InChI=1S/C25H31N5O2.C2H6/c1-6-26-23(13-19(5)30-9-11-32-12-10-30)22-15-21(8-7-18(22)4)28-25(31)24-14-20(17(2)3)16-27-29-24;1-2/h6-8,13-17H,5,9-12H2,1-4H3,(H,28,31);1-2H3/b23-13-,26-6?;. The molecule has 0 aliphatic carbocycles. The summed E-state index contributed by atoms with van der Waals surface area (Å²) in [5, 5.41) is 10.9. The van der Waals surface area contributed by atoms with Gasteiger partial charge in [0, 0.05) is 36.3 Å². The minimum Gasteiger partial charge on any atom is -0.378 e. The second-order valence-electron chi connectivity index (χ2n) is 8.02. The number of benzene rings is 1. The van der Waals surface area contributed by atoms with Crippen LogP contribution in [0, 0.1) is 6.92 Å². The van der Waals surface area contributed by atoms with Gasteiger partial charge in [0.15, 0.2) is 5.69 Å². The van der Waals surface area contributed by atoms with Crippen molar-refractivity contribution in [2.75, 3.05) is 31.6 Å². The number of amides is 1. The van der Waals surface area contributed by atoms with Crippen molar-refractivity contribution in [3.63, 3.8) is 0 Å². The second kappa shape index (κ2) is 13.4. The van der Waals surface area contributed by atoms with Crippen LogP contribution in [-0.4, -0.2) is 53.5 Å². The van der Waals surface area contributed by atoms with Gasteiger partial charge in [0.1, 0.15) is 0 Å². The van der Waals surface area contributed by atoms with E-state index in [0.29, 0.717) is 24.6 Å². The third kappa shape index (κ3) is 7.35. The van der Waals surface area contributed by atoms with Gasteiger partial charge in [-0.3, -0.25) is 9.79 Å². The number of carbonyl (C=O) groups excluding carboxylic acids is 1. The number of aliphatic imine (C=N–C) groups is 1. The van der Waals surface area contributed by atoms with E-state index in [-0.39, 0.29) is 11.8 Å². The van der Waals surface area contributed by atoms with E-state index in [1.54, 1.807) is 18.5 Å². The zero-order valence-electron chi connectivity index (χ0n) is 21.3. The van der Waals surface area contributed by atoms with Crippen molar-refractivity contribution in [1.82, 2.24) is 15.1 Å². The summed E-state index contributed by atoms with van der Waals surface area (Å²) in [7, 11) is 0. The SMILES string of the molecule is C=C(/C=C(\N=CC)c1cc(NC(=O)c2cc(C(C)C)cnn2)ccc1C)N1CCOCC1.CC. The molecule has 0 spiro atoms. The van der Waals surface area contributed by atoms with Gasteiger partial charge in [0.2, 0.25) is 0 Å². The second-order valence-corrected chi connectivity index (χ2v) is 8.02. The first kappa shape index (κ1) is 26.9. The average Bonchev–Trinajstić information content (AvgIpc) is 2.86. The third-order valence-corrected chi connectivity index (χ3v) is 5.34. The Balaban J connectivity index is 0.00000199. The molecule has 1 aromatic heterocycles. The minimum atomic E-state index is -0.294. The van der Waals surface area contributed by atoms with Gasteiger partial charge < -0.3 is 15.0 Å². The first-order valence-corrected chi connectivity index (χ1v) is 11.9. The molecule has 0 bridgehead atoms. The van der Waals surface area contributed by atoms with Gasteiger partial charge >= 0.3 is 0 Å². The van der Waals surface area contributed by atoms with Crippen molar-refractivity contribution >= 4 is 23.5 Å². The van der Waals surface area contributed by atoms with Crippen molar-refractivity contribution in [3.8, 4) is 0 Å². The molecule has 0 saturated carbocycles. The molecule has 3 rings (SSSR count). The van der Waals surface area contributed by atoms with Crippen molar-refractivity contribution in [2.45, 2.75) is 47.5 Å². The Morgan fingerprint density at radius 2 is 1.94 bits per heavy atom. The molecule has 0 atom stereocenters. The summed E-state index contributed by atoms with van der Waals surface area (Å²) >= 11 is 0. The molecule has 1 aliphatic heterocycles. The van der Waals surface area contributed by atoms with Gasteiger partial charge in [-0.25, -0.2) is 0 Å². The van der Waals surface area contributed by atoms with Crippen molar-refractivity contribution in [1.29, 1.82) is 0 Å². The maximum absolute atomic E-state index is 12.8. The van der Waals surface area contributed by atoms with Gasteiger partial charge in [0.25, 0.3) is 5.91 Å². The first-order valence-electron chi connectivity index (χ1n) is 11.9. The Hall–Kier alpha value is -3.32. The van der Waals surface area contributed by atoms with E-state index in [2.05, 4.69) is 45.8 Å². The van der Waals surface area contributed by atoms with E-state index < -0.39 is 0 Å². The van der Waals surface area contributed by atoms with Crippen molar-refractivity contribution < 1.29 is 9.53 Å². The van der Waals surface area contributed by atoms with Gasteiger partial charge in [0.05, 0.1) is 25.1 Å². The Labute approximate surface area is 203 Å². The number of allylic oxidation sites excluding steroid dienone is 1. The van der Waals surface area contributed by atoms with E-state index >= 15 is 0 Å². The molecule has 1 aliphatic rings. The molecule has 1 fully saturated rings. The Kier molecular flexibility index (Phi) is 10.6. The zero-order chi connectivity index (χ0) is 25.1. The molecular formula is C27H37N5O2. The van der Waals surface area contributed by atoms with E-state index in [1.165, 1.54) is 0 Å². The van der Waals surface area contributed by atoms with Crippen LogP contribution >= 0.6 is 0 Å². The number of anilines is 1. The van der Waals surface area contributed by atoms with Crippen LogP contribution in [0.5, 0.6) is 0 Å². The monoisotopic (exact) mass is 463 g/mol. The summed E-state index contributed by atoms with van der Waals surface area (Å²) in [5.41, 5.74) is 5.60. The van der Waals surface area contributed by atoms with Crippen LogP contribution in [0.25, 0.3) is 5.70 Å². The van der Waals surface area contributed by atoms with Gasteiger partial charge in [-0.2, -0.15) is 5.10 Å². The largest absolute Gasteiger partial charge is 0.378 e. The number of rotatable bonds is 7. The van der Waals surface area contributed by atoms with Crippen LogP contribution in [0.2, 0.25) is 0 Å². The molecule has 182 valence electrons. The number of hydrogen-bond donors (Lipinski definition) is 1. The number of hydrogen-bond acceptors (Lipinski definition) is 6. The van der Waals surface area contributed by atoms with E-state index in [1.807, 2.05) is 52.0 Å². The Morgan fingerprint density at radius 1 is 1.24 bits per heavy atom. The molecule has 34 heavy (non-hydrogen) atoms. The molecule has 1 aromatic carbocycles. The normalized spacial score (nSPS) is 14.1. The van der Waals surface area contributed by atoms with Crippen LogP contribution < -0.4 is 5.32 Å². The highest BCUT2D eigenvalue weighted by atomic mass is 16.5. The lowest BCUT2D eigenvalue weighted by molar-refractivity contribution is 0.0556. The molecule has 0 radical (unpaired) electrons. The Bertz CT molecular complexity index is 1040. The fraction of sp³-hybridized carbons (Fsp3) is 0.407. The molecule has 1 saturated heterocycles. The molecule has 2 heterocycles. The molecule has 7 heteroatoms. The van der Waals surface area contributed by atoms with Crippen LogP contribution in [0.3, 0.4) is 0 Å². The number of aromatic nitrogens is 2. The topological polar surface area (TPSA) is 79.7 Å². The fourth-order valence-electron chi connectivity index (χ4n) is 3.40. The van der Waals surface area contributed by atoms with E-state index in [0.717, 1.165) is 41.2 Å². The highest BCUT2D eigenvalue weighted by Crippen LogP contribution is 2.26. The van der Waals surface area contributed by atoms with Crippen molar-refractivity contribution in [3.05, 3.63) is 71.2 Å². The first-order chi connectivity index (χ1) is 16.4. The number of nitrogens with zero attached hydrogens (tertiary/aromatic N) is 4. The molecule has 0 unspecified atom stereocenters. The lowest BCUT2D eigenvalue weighted by atomic mass is 10.0. The number of ether oxygens (including phenoxy) is 1. The number of aryl methyl sites for hydroxylation is 1. The quantitative estimate of drug-likeness (QED) is 0.435. The van der Waals surface area contributed by atoms with Crippen molar-refractivity contribution in [2.24, 2.45) is 4.99 Å². The lowest BCUT2D eigenvalue weighted by Gasteiger charge is -2.29. The summed E-state index contributed by atoms with van der Waals surface area (Å²) < 4.78 is 5.43. The highest BCUT2D eigenvalue weighted by molar-refractivity contribution is 6.03.